The van der Waals surface area contributed by atoms with Gasteiger partial charge in [-0.15, -0.1) is 0 Å². The highest BCUT2D eigenvalue weighted by Gasteiger charge is 2.08. The quantitative estimate of drug-likeness (QED) is 0.630. The van der Waals surface area contributed by atoms with Crippen LogP contribution in [-0.2, 0) is 4.79 Å². The first-order valence-corrected chi connectivity index (χ1v) is 6.49. The predicted octanol–water partition coefficient (Wildman–Crippen LogP) is 1.20. The van der Waals surface area contributed by atoms with Gasteiger partial charge in [-0.2, -0.15) is 0 Å². The molecule has 19 heavy (non-hydrogen) atoms. The van der Waals surface area contributed by atoms with E-state index in [2.05, 4.69) is 5.32 Å². The van der Waals surface area contributed by atoms with E-state index in [4.69, 9.17) is 33.7 Å². The second-order valence-electron chi connectivity index (χ2n) is 3.96. The van der Waals surface area contributed by atoms with Gasteiger partial charge in [-0.3, -0.25) is 4.79 Å². The maximum absolute atomic E-state index is 10.5. The molecular formula is C12H16Cl2N2O3. The van der Waals surface area contributed by atoms with Gasteiger partial charge in [0.05, 0.1) is 5.02 Å². The summed E-state index contributed by atoms with van der Waals surface area (Å²) in [5, 5.41) is 13.5. The van der Waals surface area contributed by atoms with E-state index in [0.29, 0.717) is 28.9 Å². The molecule has 1 amide bonds. The molecule has 106 valence electrons. The molecule has 1 aromatic rings. The average Bonchev–Trinajstić information content (AvgIpc) is 2.35. The molecule has 0 radical (unpaired) electrons. The molecule has 0 bridgehead atoms. The zero-order valence-corrected chi connectivity index (χ0v) is 11.7. The molecule has 0 saturated carbocycles. The minimum Gasteiger partial charge on any atom is -0.489 e. The van der Waals surface area contributed by atoms with Crippen LogP contribution in [0.2, 0.25) is 10.0 Å². The van der Waals surface area contributed by atoms with Gasteiger partial charge in [-0.25, -0.2) is 0 Å². The largest absolute Gasteiger partial charge is 0.489 e. The summed E-state index contributed by atoms with van der Waals surface area (Å²) in [5.74, 6) is 0.0364. The maximum atomic E-state index is 10.5. The van der Waals surface area contributed by atoms with Gasteiger partial charge in [0.15, 0.2) is 0 Å². The number of carbonyl (C=O) groups is 1. The summed E-state index contributed by atoms with van der Waals surface area (Å²) < 4.78 is 5.36. The van der Waals surface area contributed by atoms with Crippen LogP contribution in [0.15, 0.2) is 18.2 Å². The minimum absolute atomic E-state index is 0.0730. The van der Waals surface area contributed by atoms with E-state index in [1.807, 2.05) is 0 Å². The number of aliphatic hydroxyl groups is 1. The van der Waals surface area contributed by atoms with Crippen LogP contribution < -0.4 is 15.8 Å². The molecule has 0 spiro atoms. The van der Waals surface area contributed by atoms with Crippen molar-refractivity contribution in [2.45, 2.75) is 12.5 Å². The molecule has 0 saturated heterocycles. The Hall–Kier alpha value is -1.01. The molecule has 0 heterocycles. The van der Waals surface area contributed by atoms with E-state index in [1.165, 1.54) is 0 Å². The van der Waals surface area contributed by atoms with Gasteiger partial charge >= 0.3 is 0 Å². The Bertz CT molecular complexity index is 429. The number of amides is 1. The maximum Gasteiger partial charge on any atom is 0.218 e. The highest BCUT2D eigenvalue weighted by molar-refractivity contribution is 6.34. The molecular weight excluding hydrogens is 291 g/mol. The monoisotopic (exact) mass is 306 g/mol. The second-order valence-corrected chi connectivity index (χ2v) is 4.80. The third-order valence-corrected chi connectivity index (χ3v) is 2.80. The number of halogens is 2. The standard InChI is InChI=1S/C12H16Cl2N2O3/c13-8-1-2-10(14)11(5-8)19-7-9(17)6-16-4-3-12(15)18/h1-2,5,9,16-17H,3-4,6-7H2,(H2,15,18). The predicted molar refractivity (Wildman–Crippen MR) is 74.6 cm³/mol. The summed E-state index contributed by atoms with van der Waals surface area (Å²) in [6.45, 7) is 0.791. The number of ether oxygens (including phenoxy) is 1. The molecule has 0 fully saturated rings. The number of benzene rings is 1. The van der Waals surface area contributed by atoms with Gasteiger partial charge in [0.2, 0.25) is 5.91 Å². The Morgan fingerprint density at radius 3 is 2.89 bits per heavy atom. The molecule has 0 aliphatic heterocycles. The molecule has 0 aliphatic carbocycles. The van der Waals surface area contributed by atoms with E-state index in [9.17, 15) is 9.90 Å². The summed E-state index contributed by atoms with van der Waals surface area (Å²) in [7, 11) is 0. The lowest BCUT2D eigenvalue weighted by Gasteiger charge is -2.14. The number of hydrogen-bond acceptors (Lipinski definition) is 4. The first-order valence-electron chi connectivity index (χ1n) is 5.74. The van der Waals surface area contributed by atoms with Crippen molar-refractivity contribution in [3.8, 4) is 5.75 Å². The molecule has 4 N–H and O–H groups in total. The number of primary amides is 1. The van der Waals surface area contributed by atoms with E-state index in [-0.39, 0.29) is 18.9 Å². The molecule has 1 aromatic carbocycles. The molecule has 0 aliphatic rings. The highest BCUT2D eigenvalue weighted by Crippen LogP contribution is 2.27. The van der Waals surface area contributed by atoms with Gasteiger partial charge in [0.1, 0.15) is 18.5 Å². The number of nitrogens with one attached hydrogen (secondary N) is 1. The number of hydrogen-bond donors (Lipinski definition) is 3. The zero-order valence-electron chi connectivity index (χ0n) is 10.2. The van der Waals surface area contributed by atoms with Crippen LogP contribution in [0.4, 0.5) is 0 Å². The van der Waals surface area contributed by atoms with Gasteiger partial charge in [0.25, 0.3) is 0 Å². The lowest BCUT2D eigenvalue weighted by atomic mass is 10.3. The van der Waals surface area contributed by atoms with Crippen LogP contribution in [0.25, 0.3) is 0 Å². The third kappa shape index (κ3) is 6.63. The summed E-state index contributed by atoms with van der Waals surface area (Å²) in [5.41, 5.74) is 4.98. The van der Waals surface area contributed by atoms with Crippen molar-refractivity contribution in [3.63, 3.8) is 0 Å². The number of aliphatic hydroxyl groups excluding tert-OH is 1. The van der Waals surface area contributed by atoms with Crippen molar-refractivity contribution >= 4 is 29.1 Å². The van der Waals surface area contributed by atoms with Crippen molar-refractivity contribution in [3.05, 3.63) is 28.2 Å². The van der Waals surface area contributed by atoms with Crippen LogP contribution in [0, 0.1) is 0 Å². The van der Waals surface area contributed by atoms with E-state index in [0.717, 1.165) is 0 Å². The first-order chi connectivity index (χ1) is 8.99. The van der Waals surface area contributed by atoms with Gasteiger partial charge in [0, 0.05) is 30.6 Å². The van der Waals surface area contributed by atoms with Crippen molar-refractivity contribution in [1.82, 2.24) is 5.32 Å². The average molecular weight is 307 g/mol. The summed E-state index contributed by atoms with van der Waals surface area (Å²) in [4.78, 5) is 10.5. The smallest absolute Gasteiger partial charge is 0.218 e. The number of nitrogens with two attached hydrogens (primary N) is 1. The Kier molecular flexibility index (Phi) is 6.94. The first kappa shape index (κ1) is 16.0. The van der Waals surface area contributed by atoms with Gasteiger partial charge in [-0.1, -0.05) is 23.2 Å². The third-order valence-electron chi connectivity index (χ3n) is 2.25. The van der Waals surface area contributed by atoms with Gasteiger partial charge < -0.3 is 20.9 Å². The molecule has 5 nitrogen and oxygen atoms in total. The number of rotatable bonds is 8. The SMILES string of the molecule is NC(=O)CCNCC(O)COc1cc(Cl)ccc1Cl. The Balaban J connectivity index is 2.27. The molecule has 0 aromatic heterocycles. The highest BCUT2D eigenvalue weighted by atomic mass is 35.5. The van der Waals surface area contributed by atoms with Crippen LogP contribution in [0.3, 0.4) is 0 Å². The Labute approximate surface area is 121 Å². The Morgan fingerprint density at radius 1 is 1.47 bits per heavy atom. The lowest BCUT2D eigenvalue weighted by Crippen LogP contribution is -2.33. The van der Waals surface area contributed by atoms with Crippen LogP contribution in [-0.4, -0.2) is 36.8 Å². The molecule has 1 rings (SSSR count). The minimum atomic E-state index is -0.720. The Morgan fingerprint density at radius 2 is 2.21 bits per heavy atom. The molecule has 1 atom stereocenters. The molecule has 1 unspecified atom stereocenters. The van der Waals surface area contributed by atoms with Crippen molar-refractivity contribution < 1.29 is 14.6 Å². The van der Waals surface area contributed by atoms with Crippen LogP contribution in [0.1, 0.15) is 6.42 Å². The van der Waals surface area contributed by atoms with Crippen molar-refractivity contribution in [2.24, 2.45) is 5.73 Å². The second kappa shape index (κ2) is 8.22. The number of carbonyl (C=O) groups excluding carboxylic acids is 1. The fourth-order valence-electron chi connectivity index (χ4n) is 1.31. The van der Waals surface area contributed by atoms with Crippen molar-refractivity contribution in [1.29, 1.82) is 0 Å². The van der Waals surface area contributed by atoms with Crippen molar-refractivity contribution in [2.75, 3.05) is 19.7 Å². The summed E-state index contributed by atoms with van der Waals surface area (Å²) in [6.07, 6.45) is -0.490. The van der Waals surface area contributed by atoms with Gasteiger partial charge in [-0.05, 0) is 12.1 Å². The molecule has 7 heteroatoms. The van der Waals surface area contributed by atoms with E-state index >= 15 is 0 Å². The fourth-order valence-corrected chi connectivity index (χ4v) is 1.65. The normalized spacial score (nSPS) is 12.2. The zero-order chi connectivity index (χ0) is 14.3. The summed E-state index contributed by atoms with van der Waals surface area (Å²) >= 11 is 11.7. The summed E-state index contributed by atoms with van der Waals surface area (Å²) in [6, 6.07) is 4.85. The lowest BCUT2D eigenvalue weighted by molar-refractivity contribution is -0.117. The van der Waals surface area contributed by atoms with Crippen LogP contribution >= 0.6 is 23.2 Å². The van der Waals surface area contributed by atoms with Crippen LogP contribution in [0.5, 0.6) is 5.75 Å². The van der Waals surface area contributed by atoms with E-state index in [1.54, 1.807) is 18.2 Å². The van der Waals surface area contributed by atoms with E-state index < -0.39 is 6.10 Å². The fraction of sp³-hybridized carbons (Fsp3) is 0.417. The topological polar surface area (TPSA) is 84.6 Å².